The molecule has 260 valence electrons. The Kier molecular flexibility index (Phi) is 11.6. The number of alkyl halides is 3. The van der Waals surface area contributed by atoms with E-state index in [0.717, 1.165) is 61.0 Å². The van der Waals surface area contributed by atoms with Crippen LogP contribution in [-0.2, 0) is 49.7 Å². The molecule has 6 nitrogen and oxygen atoms in total. The minimum absolute atomic E-state index is 0.0571. The molecule has 0 fully saturated rings. The summed E-state index contributed by atoms with van der Waals surface area (Å²) in [6.45, 7) is 7.08. The molecular formula is C38H41F5N4O2. The number of halogens is 5. The van der Waals surface area contributed by atoms with Crippen LogP contribution in [0.4, 0.5) is 22.0 Å². The predicted molar refractivity (Wildman–Crippen MR) is 179 cm³/mol. The lowest BCUT2D eigenvalue weighted by Crippen LogP contribution is -2.41. The van der Waals surface area contributed by atoms with Gasteiger partial charge in [0.1, 0.15) is 12.4 Å². The standard InChI is InChI=1S/C38H41F5N4O2/c1-3-45(4-2)22-23-46(24-26-12-14-27(15-13-26)28-16-19-30(20-17-28)38(41,42)43)35(48)25-47-33-11-6-5-9-31(33)37(49)44-34(47)21-18-29-8-7-10-32(39)36(29)40/h7-8,10,12-17,19-20H,3-6,9,11,18,21-25H2,1-2H3. The van der Waals surface area contributed by atoms with Gasteiger partial charge in [0.25, 0.3) is 5.56 Å². The van der Waals surface area contributed by atoms with Gasteiger partial charge in [-0.25, -0.2) is 8.78 Å². The largest absolute Gasteiger partial charge is 0.416 e. The second-order valence-corrected chi connectivity index (χ2v) is 12.4. The molecule has 3 aromatic carbocycles. The van der Waals surface area contributed by atoms with E-state index >= 15 is 0 Å². The van der Waals surface area contributed by atoms with E-state index in [9.17, 15) is 31.5 Å². The maximum Gasteiger partial charge on any atom is 0.416 e. The fraction of sp³-hybridized carbons (Fsp3) is 0.395. The van der Waals surface area contributed by atoms with Crippen LogP contribution in [0.25, 0.3) is 11.1 Å². The lowest BCUT2D eigenvalue weighted by molar-refractivity contribution is -0.137. The highest BCUT2D eigenvalue weighted by Crippen LogP contribution is 2.31. The fourth-order valence-corrected chi connectivity index (χ4v) is 6.39. The van der Waals surface area contributed by atoms with Crippen LogP contribution in [0.2, 0.25) is 0 Å². The number of carbonyl (C=O) groups excluding carboxylic acids is 1. The number of hydrogen-bond acceptors (Lipinski definition) is 4. The van der Waals surface area contributed by atoms with Crippen LogP contribution in [0.1, 0.15) is 60.5 Å². The Labute approximate surface area is 283 Å². The summed E-state index contributed by atoms with van der Waals surface area (Å²) in [6.07, 6.45) is -1.24. The van der Waals surface area contributed by atoms with Crippen LogP contribution in [0.3, 0.4) is 0 Å². The number of carbonyl (C=O) groups is 1. The predicted octanol–water partition coefficient (Wildman–Crippen LogP) is 7.24. The third kappa shape index (κ3) is 8.81. The van der Waals surface area contributed by atoms with Crippen LogP contribution in [0.15, 0.2) is 71.5 Å². The molecule has 0 saturated heterocycles. The van der Waals surface area contributed by atoms with Gasteiger partial charge < -0.3 is 14.4 Å². The van der Waals surface area contributed by atoms with Crippen molar-refractivity contribution in [3.63, 3.8) is 0 Å². The first-order valence-corrected chi connectivity index (χ1v) is 16.8. The fourth-order valence-electron chi connectivity index (χ4n) is 6.39. The second-order valence-electron chi connectivity index (χ2n) is 12.4. The van der Waals surface area contributed by atoms with Crippen molar-refractivity contribution in [3.05, 3.63) is 122 Å². The number of aryl methyl sites for hydroxylation is 2. The normalized spacial score (nSPS) is 13.1. The third-order valence-corrected chi connectivity index (χ3v) is 9.31. The van der Waals surface area contributed by atoms with Crippen molar-refractivity contribution in [1.29, 1.82) is 0 Å². The summed E-state index contributed by atoms with van der Waals surface area (Å²) in [5, 5.41) is 0. The average molecular weight is 681 g/mol. The monoisotopic (exact) mass is 680 g/mol. The molecule has 1 aliphatic rings. The van der Waals surface area contributed by atoms with Gasteiger partial charge in [0, 0.05) is 37.3 Å². The first-order chi connectivity index (χ1) is 23.5. The molecule has 5 rings (SSSR count). The van der Waals surface area contributed by atoms with E-state index < -0.39 is 23.4 Å². The van der Waals surface area contributed by atoms with Crippen molar-refractivity contribution in [2.45, 2.75) is 71.6 Å². The van der Waals surface area contributed by atoms with Gasteiger partial charge in [-0.3, -0.25) is 9.59 Å². The maximum atomic E-state index is 14.5. The van der Waals surface area contributed by atoms with E-state index in [1.165, 1.54) is 24.3 Å². The number of hydrogen-bond donors (Lipinski definition) is 0. The van der Waals surface area contributed by atoms with Gasteiger partial charge >= 0.3 is 6.18 Å². The minimum atomic E-state index is -4.41. The summed E-state index contributed by atoms with van der Waals surface area (Å²) in [7, 11) is 0. The van der Waals surface area contributed by atoms with Crippen molar-refractivity contribution in [2.24, 2.45) is 0 Å². The Bertz CT molecular complexity index is 1800. The van der Waals surface area contributed by atoms with Crippen molar-refractivity contribution in [3.8, 4) is 11.1 Å². The maximum absolute atomic E-state index is 14.5. The molecule has 1 heterocycles. The molecule has 0 bridgehead atoms. The van der Waals surface area contributed by atoms with Crippen LogP contribution in [0.5, 0.6) is 0 Å². The summed E-state index contributed by atoms with van der Waals surface area (Å²) in [5.74, 6) is -1.68. The Hall–Kier alpha value is -4.38. The number of benzene rings is 3. The molecule has 0 unspecified atom stereocenters. The van der Waals surface area contributed by atoms with Gasteiger partial charge in [0.05, 0.1) is 5.56 Å². The van der Waals surface area contributed by atoms with Gasteiger partial charge in [0.15, 0.2) is 11.6 Å². The molecule has 4 aromatic rings. The number of amides is 1. The summed E-state index contributed by atoms with van der Waals surface area (Å²) < 4.78 is 69.3. The third-order valence-electron chi connectivity index (χ3n) is 9.31. The zero-order valence-electron chi connectivity index (χ0n) is 27.8. The van der Waals surface area contributed by atoms with Crippen molar-refractivity contribution in [2.75, 3.05) is 26.2 Å². The van der Waals surface area contributed by atoms with E-state index in [1.807, 2.05) is 28.8 Å². The van der Waals surface area contributed by atoms with Crippen molar-refractivity contribution >= 4 is 5.91 Å². The molecule has 0 spiro atoms. The van der Waals surface area contributed by atoms with Crippen LogP contribution >= 0.6 is 0 Å². The number of likely N-dealkylation sites (N-methyl/N-ethyl adjacent to an activating group) is 1. The molecule has 1 aromatic heterocycles. The van der Waals surface area contributed by atoms with Crippen molar-refractivity contribution in [1.82, 2.24) is 19.4 Å². The Morgan fingerprint density at radius 3 is 2.16 bits per heavy atom. The quantitative estimate of drug-likeness (QED) is 0.140. The zero-order chi connectivity index (χ0) is 35.1. The first-order valence-electron chi connectivity index (χ1n) is 16.8. The molecule has 11 heteroatoms. The molecule has 1 amide bonds. The highest BCUT2D eigenvalue weighted by atomic mass is 19.4. The number of rotatable bonds is 13. The van der Waals surface area contributed by atoms with Gasteiger partial charge in [-0.1, -0.05) is 62.4 Å². The molecule has 0 N–H and O–H groups in total. The Morgan fingerprint density at radius 2 is 1.51 bits per heavy atom. The molecule has 0 atom stereocenters. The van der Waals surface area contributed by atoms with Crippen LogP contribution in [0, 0.1) is 11.6 Å². The topological polar surface area (TPSA) is 58.4 Å². The number of fused-ring (bicyclic) bond motifs is 1. The number of aromatic nitrogens is 2. The Balaban J connectivity index is 1.40. The lowest BCUT2D eigenvalue weighted by atomic mass is 9.96. The summed E-state index contributed by atoms with van der Waals surface area (Å²) >= 11 is 0. The highest BCUT2D eigenvalue weighted by molar-refractivity contribution is 5.76. The molecule has 0 radical (unpaired) electrons. The van der Waals surface area contributed by atoms with E-state index in [1.54, 1.807) is 4.90 Å². The molecule has 0 saturated carbocycles. The van der Waals surface area contributed by atoms with Crippen LogP contribution < -0.4 is 5.56 Å². The number of nitrogens with zero attached hydrogens (tertiary/aromatic N) is 4. The summed E-state index contributed by atoms with van der Waals surface area (Å²) in [4.78, 5) is 35.6. The summed E-state index contributed by atoms with van der Waals surface area (Å²) in [5.41, 5.74) is 2.76. The van der Waals surface area contributed by atoms with E-state index in [4.69, 9.17) is 0 Å². The van der Waals surface area contributed by atoms with Gasteiger partial charge in [-0.15, -0.1) is 0 Å². The average Bonchev–Trinajstić information content (AvgIpc) is 3.10. The molecule has 49 heavy (non-hydrogen) atoms. The summed E-state index contributed by atoms with van der Waals surface area (Å²) in [6, 6.07) is 16.4. The second kappa shape index (κ2) is 15.9. The zero-order valence-corrected chi connectivity index (χ0v) is 27.8. The molecule has 0 aliphatic heterocycles. The van der Waals surface area contributed by atoms with Gasteiger partial charge in [0.2, 0.25) is 5.91 Å². The SMILES string of the molecule is CCN(CC)CCN(Cc1ccc(-c2ccc(C(F)(F)F)cc2)cc1)C(=O)Cn1c(CCc2cccc(F)c2F)nc(=O)c2c1CCCC2. The minimum Gasteiger partial charge on any atom is -0.336 e. The smallest absolute Gasteiger partial charge is 0.336 e. The highest BCUT2D eigenvalue weighted by Gasteiger charge is 2.30. The molecule has 1 aliphatic carbocycles. The van der Waals surface area contributed by atoms with Gasteiger partial charge in [-0.2, -0.15) is 18.2 Å². The van der Waals surface area contributed by atoms with E-state index in [-0.39, 0.29) is 36.4 Å². The Morgan fingerprint density at radius 1 is 0.857 bits per heavy atom. The van der Waals surface area contributed by atoms with E-state index in [0.29, 0.717) is 49.4 Å². The van der Waals surface area contributed by atoms with Gasteiger partial charge in [-0.05, 0) is 85.6 Å². The first kappa shape index (κ1) is 35.9. The molecular weight excluding hydrogens is 639 g/mol. The lowest BCUT2D eigenvalue weighted by Gasteiger charge is -2.29. The van der Waals surface area contributed by atoms with Crippen LogP contribution in [-0.4, -0.2) is 51.4 Å². The van der Waals surface area contributed by atoms with Crippen molar-refractivity contribution < 1.29 is 26.7 Å². The van der Waals surface area contributed by atoms with E-state index in [2.05, 4.69) is 23.7 Å².